The Morgan fingerprint density at radius 3 is 2.94 bits per heavy atom. The second kappa shape index (κ2) is 6.43. The highest BCUT2D eigenvalue weighted by atomic mass is 32.1. The van der Waals surface area contributed by atoms with Crippen molar-refractivity contribution in [1.29, 1.82) is 0 Å². The van der Waals surface area contributed by atoms with E-state index >= 15 is 0 Å². The zero-order valence-electron chi connectivity index (χ0n) is 9.31. The van der Waals surface area contributed by atoms with Crippen LogP contribution in [0.4, 0.5) is 0 Å². The van der Waals surface area contributed by atoms with Crippen LogP contribution in [0.2, 0.25) is 0 Å². The van der Waals surface area contributed by atoms with Crippen LogP contribution in [-0.2, 0) is 11.2 Å². The van der Waals surface area contributed by atoms with Crippen LogP contribution in [0.25, 0.3) is 0 Å². The summed E-state index contributed by atoms with van der Waals surface area (Å²) in [5, 5.41) is 10.6. The molecule has 0 aromatic carbocycles. The maximum atomic E-state index is 10.7. The zero-order chi connectivity index (χ0) is 12.0. The van der Waals surface area contributed by atoms with Gasteiger partial charge in [-0.25, -0.2) is 0 Å². The second-order valence-corrected chi connectivity index (χ2v) is 4.86. The summed E-state index contributed by atoms with van der Waals surface area (Å²) >= 11 is 1.46. The lowest BCUT2D eigenvalue weighted by Gasteiger charge is -2.05. The van der Waals surface area contributed by atoms with E-state index in [1.165, 1.54) is 11.3 Å². The zero-order valence-corrected chi connectivity index (χ0v) is 10.1. The maximum Gasteiger partial charge on any atom is 0.306 e. The fourth-order valence-corrected chi connectivity index (χ4v) is 2.30. The Kier molecular flexibility index (Phi) is 5.19. The maximum absolute atomic E-state index is 10.7. The van der Waals surface area contributed by atoms with Gasteiger partial charge in [0, 0.05) is 0 Å². The minimum atomic E-state index is -0.732. The Balaban J connectivity index is 2.26. The van der Waals surface area contributed by atoms with Crippen LogP contribution >= 0.6 is 11.3 Å². The molecular formula is C12H16O3S. The summed E-state index contributed by atoms with van der Waals surface area (Å²) in [5.74, 6) is -1.00. The van der Waals surface area contributed by atoms with Gasteiger partial charge in [-0.1, -0.05) is 13.3 Å². The van der Waals surface area contributed by atoms with Crippen LogP contribution in [-0.4, -0.2) is 17.4 Å². The van der Waals surface area contributed by atoms with E-state index in [2.05, 4.69) is 0 Å². The SMILES string of the molecule is CC(CCCCc1ccsc1C=O)C(=O)O. The Labute approximate surface area is 99.1 Å². The minimum absolute atomic E-state index is 0.270. The number of hydrogen-bond acceptors (Lipinski definition) is 3. The molecule has 1 rings (SSSR count). The first-order chi connectivity index (χ1) is 7.65. The van der Waals surface area contributed by atoms with Gasteiger partial charge in [-0.05, 0) is 36.3 Å². The fraction of sp³-hybridized carbons (Fsp3) is 0.500. The number of thiophene rings is 1. The Hall–Kier alpha value is -1.16. The van der Waals surface area contributed by atoms with E-state index in [0.29, 0.717) is 6.42 Å². The van der Waals surface area contributed by atoms with E-state index in [0.717, 1.165) is 36.0 Å². The number of aliphatic carboxylic acids is 1. The van der Waals surface area contributed by atoms with Crippen LogP contribution in [0.3, 0.4) is 0 Å². The topological polar surface area (TPSA) is 54.4 Å². The highest BCUT2D eigenvalue weighted by molar-refractivity contribution is 7.11. The molecule has 4 heteroatoms. The summed E-state index contributed by atoms with van der Waals surface area (Å²) in [6.45, 7) is 1.73. The molecule has 3 nitrogen and oxygen atoms in total. The van der Waals surface area contributed by atoms with Crippen molar-refractivity contribution in [2.75, 3.05) is 0 Å². The molecule has 0 amide bonds. The summed E-state index contributed by atoms with van der Waals surface area (Å²) in [4.78, 5) is 22.0. The van der Waals surface area contributed by atoms with Crippen LogP contribution in [0, 0.1) is 5.92 Å². The summed E-state index contributed by atoms with van der Waals surface area (Å²) in [6.07, 6.45) is 4.29. The van der Waals surface area contributed by atoms with Gasteiger partial charge in [0.2, 0.25) is 0 Å². The standard InChI is InChI=1S/C12H16O3S/c1-9(12(14)15)4-2-3-5-10-6-7-16-11(10)8-13/h6-9H,2-5H2,1H3,(H,14,15). The van der Waals surface area contributed by atoms with E-state index in [4.69, 9.17) is 5.11 Å². The molecule has 1 atom stereocenters. The normalized spacial score (nSPS) is 12.3. The summed E-state index contributed by atoms with van der Waals surface area (Å²) in [7, 11) is 0. The van der Waals surface area contributed by atoms with Gasteiger partial charge in [-0.2, -0.15) is 0 Å². The van der Waals surface area contributed by atoms with Crippen LogP contribution < -0.4 is 0 Å². The lowest BCUT2D eigenvalue weighted by molar-refractivity contribution is -0.141. The molecule has 16 heavy (non-hydrogen) atoms. The van der Waals surface area contributed by atoms with Gasteiger partial charge in [-0.3, -0.25) is 9.59 Å². The number of carbonyl (C=O) groups is 2. The number of rotatable bonds is 7. The third kappa shape index (κ3) is 3.77. The van der Waals surface area contributed by atoms with Crippen LogP contribution in [0.1, 0.15) is 41.4 Å². The lowest BCUT2D eigenvalue weighted by Crippen LogP contribution is -2.09. The molecule has 1 aromatic heterocycles. The van der Waals surface area contributed by atoms with E-state index in [9.17, 15) is 9.59 Å². The molecule has 1 N–H and O–H groups in total. The molecule has 1 aromatic rings. The molecule has 1 heterocycles. The minimum Gasteiger partial charge on any atom is -0.481 e. The van der Waals surface area contributed by atoms with E-state index in [1.54, 1.807) is 6.92 Å². The molecule has 1 unspecified atom stereocenters. The first kappa shape index (κ1) is 12.9. The monoisotopic (exact) mass is 240 g/mol. The highest BCUT2D eigenvalue weighted by Gasteiger charge is 2.10. The lowest BCUT2D eigenvalue weighted by atomic mass is 10.0. The number of aldehydes is 1. The van der Waals surface area contributed by atoms with E-state index in [-0.39, 0.29) is 5.92 Å². The van der Waals surface area contributed by atoms with Gasteiger partial charge in [0.15, 0.2) is 6.29 Å². The third-order valence-electron chi connectivity index (χ3n) is 2.64. The fourth-order valence-electron chi connectivity index (χ4n) is 1.55. The summed E-state index contributed by atoms with van der Waals surface area (Å²) in [5.41, 5.74) is 1.09. The molecule has 0 saturated carbocycles. The smallest absolute Gasteiger partial charge is 0.306 e. The Bertz CT molecular complexity index is 357. The molecule has 0 aliphatic rings. The van der Waals surface area contributed by atoms with Crippen molar-refractivity contribution in [1.82, 2.24) is 0 Å². The second-order valence-electron chi connectivity index (χ2n) is 3.91. The molecular weight excluding hydrogens is 224 g/mol. The quantitative estimate of drug-likeness (QED) is 0.589. The van der Waals surface area contributed by atoms with Crippen molar-refractivity contribution in [3.63, 3.8) is 0 Å². The predicted molar refractivity (Wildman–Crippen MR) is 64.1 cm³/mol. The first-order valence-corrected chi connectivity index (χ1v) is 6.27. The molecule has 0 saturated heterocycles. The molecule has 0 aliphatic heterocycles. The van der Waals surface area contributed by atoms with Crippen molar-refractivity contribution in [2.24, 2.45) is 5.92 Å². The van der Waals surface area contributed by atoms with E-state index < -0.39 is 5.97 Å². The number of carbonyl (C=O) groups excluding carboxylic acids is 1. The van der Waals surface area contributed by atoms with Crippen molar-refractivity contribution in [3.05, 3.63) is 21.9 Å². The van der Waals surface area contributed by atoms with Crippen molar-refractivity contribution >= 4 is 23.6 Å². The van der Waals surface area contributed by atoms with Gasteiger partial charge in [0.1, 0.15) is 0 Å². The number of aryl methyl sites for hydroxylation is 1. The molecule has 0 bridgehead atoms. The van der Waals surface area contributed by atoms with Gasteiger partial charge in [-0.15, -0.1) is 11.3 Å². The van der Waals surface area contributed by atoms with Crippen LogP contribution in [0.5, 0.6) is 0 Å². The number of carboxylic acid groups (broad SMARTS) is 1. The van der Waals surface area contributed by atoms with Crippen molar-refractivity contribution < 1.29 is 14.7 Å². The first-order valence-electron chi connectivity index (χ1n) is 5.39. The predicted octanol–water partition coefficient (Wildman–Crippen LogP) is 2.99. The van der Waals surface area contributed by atoms with E-state index in [1.807, 2.05) is 11.4 Å². The summed E-state index contributed by atoms with van der Waals surface area (Å²) < 4.78 is 0. The molecule has 0 fully saturated rings. The van der Waals surface area contributed by atoms with Gasteiger partial charge in [0.05, 0.1) is 10.8 Å². The molecule has 0 aliphatic carbocycles. The number of unbranched alkanes of at least 4 members (excludes halogenated alkanes) is 1. The number of hydrogen-bond donors (Lipinski definition) is 1. The van der Waals surface area contributed by atoms with Gasteiger partial charge >= 0.3 is 5.97 Å². The Morgan fingerprint density at radius 2 is 2.31 bits per heavy atom. The third-order valence-corrected chi connectivity index (χ3v) is 3.53. The largest absolute Gasteiger partial charge is 0.481 e. The van der Waals surface area contributed by atoms with Gasteiger partial charge < -0.3 is 5.11 Å². The molecule has 88 valence electrons. The Morgan fingerprint density at radius 1 is 1.56 bits per heavy atom. The average molecular weight is 240 g/mol. The molecule has 0 spiro atoms. The molecule has 0 radical (unpaired) electrons. The average Bonchev–Trinajstić information content (AvgIpc) is 2.71. The number of carboxylic acids is 1. The van der Waals surface area contributed by atoms with Crippen molar-refractivity contribution in [2.45, 2.75) is 32.6 Å². The van der Waals surface area contributed by atoms with Gasteiger partial charge in [0.25, 0.3) is 0 Å². The highest BCUT2D eigenvalue weighted by Crippen LogP contribution is 2.18. The summed E-state index contributed by atoms with van der Waals surface area (Å²) in [6, 6.07) is 1.97. The van der Waals surface area contributed by atoms with Crippen LogP contribution in [0.15, 0.2) is 11.4 Å². The van der Waals surface area contributed by atoms with Crippen molar-refractivity contribution in [3.8, 4) is 0 Å².